The van der Waals surface area contributed by atoms with Crippen LogP contribution in [-0.4, -0.2) is 31.1 Å². The monoisotopic (exact) mass is 191 g/mol. The Labute approximate surface area is 86.5 Å². The molecular weight excluding hydrogens is 174 g/mol. The smallest absolute Gasteiger partial charge is 0.128 e. The second-order valence-electron chi connectivity index (χ2n) is 3.04. The van der Waals surface area contributed by atoms with Gasteiger partial charge in [0.1, 0.15) is 12.4 Å². The molecule has 0 radical (unpaired) electrons. The average Bonchev–Trinajstić information content (AvgIpc) is 2.26. The Morgan fingerprint density at radius 1 is 1.29 bits per heavy atom. The first-order valence-electron chi connectivity index (χ1n) is 5.09. The van der Waals surface area contributed by atoms with E-state index in [1.165, 1.54) is 0 Å². The molecule has 2 heteroatoms. The van der Waals surface area contributed by atoms with Crippen molar-refractivity contribution in [2.24, 2.45) is 0 Å². The lowest BCUT2D eigenvalue weighted by Gasteiger charge is -2.17. The van der Waals surface area contributed by atoms with Gasteiger partial charge in [-0.05, 0) is 25.2 Å². The quantitative estimate of drug-likeness (QED) is 0.682. The molecule has 0 fully saturated rings. The summed E-state index contributed by atoms with van der Waals surface area (Å²) in [5, 5.41) is 0. The first kappa shape index (κ1) is 10.9. The fraction of sp³-hybridized carbons (Fsp3) is 0.500. The van der Waals surface area contributed by atoms with E-state index in [0.29, 0.717) is 0 Å². The third kappa shape index (κ3) is 3.68. The fourth-order valence-corrected chi connectivity index (χ4v) is 1.26. The lowest BCUT2D eigenvalue weighted by Crippen LogP contribution is -2.27. The predicted octanol–water partition coefficient (Wildman–Crippen LogP) is 2.01. The van der Waals surface area contributed by atoms with Gasteiger partial charge in [0.2, 0.25) is 0 Å². The van der Waals surface area contributed by atoms with Crippen molar-refractivity contribution in [1.82, 2.24) is 4.90 Å². The molecule has 1 rings (SSSR count). The number of rotatable bonds is 6. The predicted molar refractivity (Wildman–Crippen MR) is 57.4 cm³/mol. The van der Waals surface area contributed by atoms with Crippen LogP contribution in [0.15, 0.2) is 18.2 Å². The van der Waals surface area contributed by atoms with Crippen molar-refractivity contribution in [2.75, 3.05) is 26.2 Å². The van der Waals surface area contributed by atoms with Crippen LogP contribution in [0.2, 0.25) is 0 Å². The summed E-state index contributed by atoms with van der Waals surface area (Å²) in [6, 6.07) is 11.2. The molecule has 0 aliphatic rings. The van der Waals surface area contributed by atoms with E-state index >= 15 is 0 Å². The van der Waals surface area contributed by atoms with Crippen LogP contribution in [0.25, 0.3) is 0 Å². The molecule has 76 valence electrons. The van der Waals surface area contributed by atoms with Crippen LogP contribution in [0.3, 0.4) is 0 Å². The largest absolute Gasteiger partial charge is 0.492 e. The first-order chi connectivity index (χ1) is 6.86. The Morgan fingerprint density at radius 2 is 2.07 bits per heavy atom. The fourth-order valence-electron chi connectivity index (χ4n) is 1.26. The molecular formula is C12H17NO. The molecule has 2 nitrogen and oxygen atoms in total. The van der Waals surface area contributed by atoms with Gasteiger partial charge in [0, 0.05) is 12.6 Å². The molecule has 0 amide bonds. The normalized spacial score (nSPS) is 9.93. The summed E-state index contributed by atoms with van der Waals surface area (Å²) >= 11 is 0. The van der Waals surface area contributed by atoms with Gasteiger partial charge in [0.05, 0.1) is 0 Å². The van der Waals surface area contributed by atoms with Crippen LogP contribution in [0.5, 0.6) is 5.75 Å². The van der Waals surface area contributed by atoms with Crippen molar-refractivity contribution < 1.29 is 4.74 Å². The Balaban J connectivity index is 2.21. The highest BCUT2D eigenvalue weighted by Crippen LogP contribution is 2.05. The van der Waals surface area contributed by atoms with Crippen molar-refractivity contribution in [3.63, 3.8) is 0 Å². The number of likely N-dealkylation sites (N-methyl/N-ethyl adjacent to an activating group) is 1. The lowest BCUT2D eigenvalue weighted by atomic mass is 10.4. The molecule has 0 unspecified atom stereocenters. The Kier molecular flexibility index (Phi) is 4.88. The third-order valence-electron chi connectivity index (χ3n) is 2.20. The van der Waals surface area contributed by atoms with Gasteiger partial charge in [-0.25, -0.2) is 0 Å². The standard InChI is InChI=1S/C12H17NO/c1-3-13(4-2)10-11-14-12-8-6-5-7-9-12/h6,8-9H,3-4,10-11H2,1-2H3. The van der Waals surface area contributed by atoms with Crippen molar-refractivity contribution in [2.45, 2.75) is 13.8 Å². The highest BCUT2D eigenvalue weighted by Gasteiger charge is 1.98. The van der Waals surface area contributed by atoms with E-state index in [1.54, 1.807) is 0 Å². The highest BCUT2D eigenvalue weighted by atomic mass is 16.5. The minimum Gasteiger partial charge on any atom is -0.492 e. The minimum absolute atomic E-state index is 0.736. The molecule has 1 aromatic carbocycles. The number of ether oxygens (including phenoxy) is 1. The molecule has 14 heavy (non-hydrogen) atoms. The van der Waals surface area contributed by atoms with Gasteiger partial charge >= 0.3 is 0 Å². The zero-order valence-corrected chi connectivity index (χ0v) is 8.92. The summed E-state index contributed by atoms with van der Waals surface area (Å²) in [4.78, 5) is 2.33. The van der Waals surface area contributed by atoms with Gasteiger partial charge in [-0.2, -0.15) is 0 Å². The van der Waals surface area contributed by atoms with Crippen LogP contribution in [0.4, 0.5) is 0 Å². The van der Waals surface area contributed by atoms with Crippen molar-refractivity contribution in [1.29, 1.82) is 0 Å². The lowest BCUT2D eigenvalue weighted by molar-refractivity contribution is 0.223. The van der Waals surface area contributed by atoms with E-state index in [1.807, 2.05) is 18.2 Å². The van der Waals surface area contributed by atoms with Gasteiger partial charge in [0.15, 0.2) is 0 Å². The van der Waals surface area contributed by atoms with Gasteiger partial charge in [-0.15, -0.1) is 0 Å². The Bertz CT molecular complexity index is 231. The number of hydrogen-bond acceptors (Lipinski definition) is 2. The molecule has 0 aliphatic heterocycles. The zero-order valence-electron chi connectivity index (χ0n) is 8.92. The third-order valence-corrected chi connectivity index (χ3v) is 2.20. The van der Waals surface area contributed by atoms with E-state index in [2.05, 4.69) is 30.9 Å². The van der Waals surface area contributed by atoms with Gasteiger partial charge in [-0.3, -0.25) is 0 Å². The average molecular weight is 191 g/mol. The van der Waals surface area contributed by atoms with Crippen molar-refractivity contribution >= 4 is 0 Å². The molecule has 0 atom stereocenters. The zero-order chi connectivity index (χ0) is 10.2. The maximum absolute atomic E-state index is 5.55. The van der Waals surface area contributed by atoms with E-state index in [9.17, 15) is 0 Å². The van der Waals surface area contributed by atoms with Crippen LogP contribution in [-0.2, 0) is 0 Å². The molecule has 0 saturated heterocycles. The Morgan fingerprint density at radius 3 is 2.64 bits per heavy atom. The maximum atomic E-state index is 5.55. The van der Waals surface area contributed by atoms with E-state index in [4.69, 9.17) is 4.74 Å². The summed E-state index contributed by atoms with van der Waals surface area (Å²) < 4.78 is 5.55. The minimum atomic E-state index is 0.736. The van der Waals surface area contributed by atoms with E-state index < -0.39 is 0 Å². The van der Waals surface area contributed by atoms with Crippen molar-refractivity contribution in [3.8, 4) is 5.75 Å². The molecule has 1 aromatic rings. The molecule has 0 N–H and O–H groups in total. The molecule has 0 heterocycles. The summed E-state index contributed by atoms with van der Waals surface area (Å²) in [6.07, 6.45) is 0. The second-order valence-corrected chi connectivity index (χ2v) is 3.04. The van der Waals surface area contributed by atoms with Crippen LogP contribution >= 0.6 is 0 Å². The van der Waals surface area contributed by atoms with Gasteiger partial charge < -0.3 is 9.64 Å². The summed E-state index contributed by atoms with van der Waals surface area (Å²) in [7, 11) is 0. The van der Waals surface area contributed by atoms with Crippen molar-refractivity contribution in [3.05, 3.63) is 30.3 Å². The van der Waals surface area contributed by atoms with Gasteiger partial charge in [0.25, 0.3) is 0 Å². The molecule has 0 bridgehead atoms. The topological polar surface area (TPSA) is 12.5 Å². The summed E-state index contributed by atoms with van der Waals surface area (Å²) in [5.74, 6) is 0.871. The molecule has 0 spiro atoms. The Hall–Kier alpha value is -1.20. The van der Waals surface area contributed by atoms with E-state index in [0.717, 1.165) is 32.0 Å². The SMILES string of the molecule is CCN(CC)CCOc1cc#ccc1. The highest BCUT2D eigenvalue weighted by molar-refractivity contribution is 5.16. The first-order valence-corrected chi connectivity index (χ1v) is 5.09. The van der Waals surface area contributed by atoms with Gasteiger partial charge in [-0.1, -0.05) is 26.0 Å². The van der Waals surface area contributed by atoms with Crippen LogP contribution in [0.1, 0.15) is 13.8 Å². The summed E-state index contributed by atoms with van der Waals surface area (Å²) in [6.45, 7) is 8.19. The maximum Gasteiger partial charge on any atom is 0.128 e. The van der Waals surface area contributed by atoms with E-state index in [-0.39, 0.29) is 0 Å². The number of hydrogen-bond donors (Lipinski definition) is 0. The molecule has 0 saturated carbocycles. The molecule has 0 aromatic heterocycles. The van der Waals surface area contributed by atoms with Crippen LogP contribution in [0, 0.1) is 12.1 Å². The van der Waals surface area contributed by atoms with Crippen LogP contribution < -0.4 is 4.74 Å². The molecule has 0 aliphatic carbocycles. The summed E-state index contributed by atoms with van der Waals surface area (Å²) in [5.41, 5.74) is 0. The number of nitrogens with zero attached hydrogens (tertiary/aromatic N) is 1. The second kappa shape index (κ2) is 6.28.